The van der Waals surface area contributed by atoms with Crippen molar-refractivity contribution in [2.24, 2.45) is 17.8 Å². The SMILES string of the molecule is CC[C@H]1[C@H]2[C@H](CCC[N+]3([O-])[C@@H]2CC[C@H]3[C@@H]2C[C@H](C)C(=O)O2)O[C@]12C=C(C)CO2. The van der Waals surface area contributed by atoms with Crippen molar-refractivity contribution >= 4 is 5.97 Å². The predicted molar refractivity (Wildman–Crippen MR) is 103 cm³/mol. The summed E-state index contributed by atoms with van der Waals surface area (Å²) in [5.41, 5.74) is 1.22. The van der Waals surface area contributed by atoms with Crippen LogP contribution in [-0.4, -0.2) is 53.8 Å². The van der Waals surface area contributed by atoms with E-state index in [9.17, 15) is 10.0 Å². The molecule has 5 aliphatic heterocycles. The zero-order chi connectivity index (χ0) is 19.7. The summed E-state index contributed by atoms with van der Waals surface area (Å²) in [6.45, 7) is 7.44. The van der Waals surface area contributed by atoms with Crippen LogP contribution in [-0.2, 0) is 19.0 Å². The van der Waals surface area contributed by atoms with Crippen LogP contribution in [0, 0.1) is 23.0 Å². The van der Waals surface area contributed by atoms with Crippen LogP contribution < -0.4 is 0 Å². The van der Waals surface area contributed by atoms with Crippen molar-refractivity contribution in [1.82, 2.24) is 0 Å². The average molecular weight is 392 g/mol. The molecule has 4 fully saturated rings. The third-order valence-corrected chi connectivity index (χ3v) is 8.17. The van der Waals surface area contributed by atoms with Gasteiger partial charge >= 0.3 is 5.97 Å². The van der Waals surface area contributed by atoms with Crippen molar-refractivity contribution in [3.05, 3.63) is 16.9 Å². The molecule has 6 heteroatoms. The number of hydroxylamine groups is 3. The van der Waals surface area contributed by atoms with E-state index >= 15 is 0 Å². The van der Waals surface area contributed by atoms with Crippen LogP contribution in [0.2, 0.25) is 0 Å². The maximum Gasteiger partial charge on any atom is 0.309 e. The Morgan fingerprint density at radius 3 is 2.68 bits per heavy atom. The lowest BCUT2D eigenvalue weighted by molar-refractivity contribution is -0.921. The van der Waals surface area contributed by atoms with E-state index in [0.717, 1.165) is 32.1 Å². The molecule has 0 aliphatic carbocycles. The average Bonchev–Trinajstić information content (AvgIpc) is 3.33. The van der Waals surface area contributed by atoms with Gasteiger partial charge in [-0.05, 0) is 37.8 Å². The molecule has 28 heavy (non-hydrogen) atoms. The summed E-state index contributed by atoms with van der Waals surface area (Å²) < 4.78 is 18.3. The molecule has 0 N–H and O–H groups in total. The highest BCUT2D eigenvalue weighted by molar-refractivity contribution is 5.74. The second-order valence-electron chi connectivity index (χ2n) is 9.79. The molecule has 0 aromatic carbocycles. The van der Waals surface area contributed by atoms with Gasteiger partial charge < -0.3 is 24.1 Å². The molecule has 9 atom stereocenters. The lowest BCUT2D eigenvalue weighted by Crippen LogP contribution is -2.59. The van der Waals surface area contributed by atoms with Crippen molar-refractivity contribution < 1.29 is 23.7 Å². The van der Waals surface area contributed by atoms with Gasteiger partial charge in [-0.1, -0.05) is 13.8 Å². The molecule has 4 saturated heterocycles. The Hall–Kier alpha value is -0.950. The highest BCUT2D eigenvalue weighted by Crippen LogP contribution is 2.56. The first-order chi connectivity index (χ1) is 13.4. The molecule has 5 heterocycles. The van der Waals surface area contributed by atoms with Crippen LogP contribution in [0.4, 0.5) is 0 Å². The molecule has 1 unspecified atom stereocenters. The van der Waals surface area contributed by atoms with Crippen molar-refractivity contribution in [1.29, 1.82) is 0 Å². The Morgan fingerprint density at radius 1 is 1.25 bits per heavy atom. The topological polar surface area (TPSA) is 67.8 Å². The largest absolute Gasteiger partial charge is 0.632 e. The molecule has 1 spiro atoms. The Bertz CT molecular complexity index is 694. The number of esters is 1. The Kier molecular flexibility index (Phi) is 4.44. The molecular formula is C22H33NO5. The molecular weight excluding hydrogens is 358 g/mol. The zero-order valence-corrected chi connectivity index (χ0v) is 17.3. The number of nitrogens with zero attached hydrogens (tertiary/aromatic N) is 1. The fourth-order valence-corrected chi connectivity index (χ4v) is 7.03. The van der Waals surface area contributed by atoms with Crippen LogP contribution in [0.5, 0.6) is 0 Å². The molecule has 0 radical (unpaired) electrons. The van der Waals surface area contributed by atoms with Gasteiger partial charge in [-0.15, -0.1) is 0 Å². The highest BCUT2D eigenvalue weighted by atomic mass is 16.7. The number of carbonyl (C=O) groups is 1. The fourth-order valence-electron chi connectivity index (χ4n) is 7.03. The van der Waals surface area contributed by atoms with E-state index in [1.54, 1.807) is 0 Å². The zero-order valence-electron chi connectivity index (χ0n) is 17.3. The first kappa shape index (κ1) is 19.0. The summed E-state index contributed by atoms with van der Waals surface area (Å²) >= 11 is 0. The van der Waals surface area contributed by atoms with Crippen LogP contribution >= 0.6 is 0 Å². The number of rotatable bonds is 2. The summed E-state index contributed by atoms with van der Waals surface area (Å²) in [5, 5.41) is 14.3. The number of carbonyl (C=O) groups excluding carboxylic acids is 1. The molecule has 0 saturated carbocycles. The summed E-state index contributed by atoms with van der Waals surface area (Å²) in [6.07, 6.45) is 7.21. The van der Waals surface area contributed by atoms with Gasteiger partial charge in [0.25, 0.3) is 0 Å². The van der Waals surface area contributed by atoms with Crippen molar-refractivity contribution in [2.45, 2.75) is 89.4 Å². The smallest absolute Gasteiger partial charge is 0.309 e. The first-order valence-corrected chi connectivity index (χ1v) is 11.2. The normalized spacial score (nSPS) is 53.1. The molecule has 0 amide bonds. The van der Waals surface area contributed by atoms with E-state index in [1.165, 1.54) is 5.57 Å². The standard InChI is InChI=1S/C22H33NO5/c1-4-15-20-17-8-7-16(19-10-14(3)21(24)27-19)23(17,25)9-5-6-18(20)28-22(15)11-13(2)12-26-22/h11,14-20H,4-10,12H2,1-3H3/t14-,15-,16-,17+,18-,19-,20+,22+,23?/m0/s1. The third-order valence-electron chi connectivity index (χ3n) is 8.17. The molecule has 156 valence electrons. The van der Waals surface area contributed by atoms with E-state index in [0.29, 0.717) is 19.6 Å². The molecule has 0 bridgehead atoms. The summed E-state index contributed by atoms with van der Waals surface area (Å²) in [6, 6.07) is -0.0946. The summed E-state index contributed by atoms with van der Waals surface area (Å²) in [7, 11) is 0. The van der Waals surface area contributed by atoms with Gasteiger partial charge in [-0.25, -0.2) is 0 Å². The quantitative estimate of drug-likeness (QED) is 0.313. The van der Waals surface area contributed by atoms with Crippen molar-refractivity contribution in [3.63, 3.8) is 0 Å². The second-order valence-corrected chi connectivity index (χ2v) is 9.79. The van der Waals surface area contributed by atoms with E-state index in [2.05, 4.69) is 19.9 Å². The van der Waals surface area contributed by atoms with Gasteiger partial charge in [0.2, 0.25) is 0 Å². The van der Waals surface area contributed by atoms with Gasteiger partial charge in [0, 0.05) is 31.1 Å². The Labute approximate surface area is 167 Å². The molecule has 5 rings (SSSR count). The monoisotopic (exact) mass is 391 g/mol. The minimum absolute atomic E-state index is 0.0225. The van der Waals surface area contributed by atoms with Crippen LogP contribution in [0.15, 0.2) is 11.6 Å². The maximum absolute atomic E-state index is 14.3. The summed E-state index contributed by atoms with van der Waals surface area (Å²) in [5.74, 6) is -0.429. The molecule has 5 aliphatic rings. The molecule has 6 nitrogen and oxygen atoms in total. The predicted octanol–water partition coefficient (Wildman–Crippen LogP) is 3.29. The first-order valence-electron chi connectivity index (χ1n) is 11.2. The van der Waals surface area contributed by atoms with Crippen molar-refractivity contribution in [3.8, 4) is 0 Å². The van der Waals surface area contributed by atoms with Gasteiger partial charge in [0.1, 0.15) is 6.04 Å². The number of hydrogen-bond donors (Lipinski definition) is 0. The lowest BCUT2D eigenvalue weighted by atomic mass is 9.77. The van der Waals surface area contributed by atoms with Crippen LogP contribution in [0.25, 0.3) is 0 Å². The van der Waals surface area contributed by atoms with E-state index < -0.39 is 5.79 Å². The second kappa shape index (κ2) is 6.53. The Balaban J connectivity index is 1.47. The number of ether oxygens (including phenoxy) is 3. The molecule has 0 aromatic rings. The highest BCUT2D eigenvalue weighted by Gasteiger charge is 2.64. The minimum Gasteiger partial charge on any atom is -0.632 e. The fraction of sp³-hybridized carbons (Fsp3) is 0.864. The van der Waals surface area contributed by atoms with Gasteiger partial charge in [-0.3, -0.25) is 4.79 Å². The number of hydrogen-bond acceptors (Lipinski definition) is 5. The van der Waals surface area contributed by atoms with Crippen LogP contribution in [0.3, 0.4) is 0 Å². The number of cyclic esters (lactones) is 1. The van der Waals surface area contributed by atoms with E-state index in [1.807, 2.05) is 6.92 Å². The number of quaternary nitrogens is 1. The third kappa shape index (κ3) is 2.57. The lowest BCUT2D eigenvalue weighted by Gasteiger charge is -2.51. The minimum atomic E-state index is -0.636. The maximum atomic E-state index is 14.3. The molecule has 0 aromatic heterocycles. The van der Waals surface area contributed by atoms with Gasteiger partial charge in [0.15, 0.2) is 11.9 Å². The van der Waals surface area contributed by atoms with Gasteiger partial charge in [0.05, 0.1) is 31.2 Å². The summed E-state index contributed by atoms with van der Waals surface area (Å²) in [4.78, 5) is 12.0. The van der Waals surface area contributed by atoms with E-state index in [-0.39, 0.29) is 52.7 Å². The number of fused-ring (bicyclic) bond motifs is 3. The van der Waals surface area contributed by atoms with Crippen LogP contribution in [0.1, 0.15) is 59.3 Å². The Morgan fingerprint density at radius 2 is 2.04 bits per heavy atom. The van der Waals surface area contributed by atoms with E-state index in [4.69, 9.17) is 14.2 Å². The van der Waals surface area contributed by atoms with Gasteiger partial charge in [-0.2, -0.15) is 0 Å². The van der Waals surface area contributed by atoms with Crippen molar-refractivity contribution in [2.75, 3.05) is 13.2 Å².